The van der Waals surface area contributed by atoms with E-state index in [1.54, 1.807) is 6.92 Å². The van der Waals surface area contributed by atoms with Crippen LogP contribution in [0.25, 0.3) is 0 Å². The predicted molar refractivity (Wildman–Crippen MR) is 289 cm³/mol. The van der Waals surface area contributed by atoms with E-state index in [4.69, 9.17) is 61.6 Å². The van der Waals surface area contributed by atoms with Gasteiger partial charge in [0, 0.05) is 7.11 Å². The van der Waals surface area contributed by atoms with Gasteiger partial charge in [-0.1, -0.05) is 19.9 Å². The Kier molecular flexibility index (Phi) is 21.9. The van der Waals surface area contributed by atoms with Crippen molar-refractivity contribution >= 4 is 5.97 Å². The SMILES string of the molecule is C=C1CC23CCC4C(C)(C(=O)OC5OC(CO)C(OC6OC(CO)C(O)C(O)C6O)C(O)C5O)CCCC4(C)C2CCC1(OC1OC(CO)C(O)C(OC2OC(CO)C(OC4OC(CO)C(O)C(O)C4O)C(OC)C2O)C1OC1OC(CO)C(O)C(O)C1O)C3. The molecule has 1 spiro atoms. The van der Waals surface area contributed by atoms with Gasteiger partial charge in [0.05, 0.1) is 50.7 Å². The number of aliphatic hydroxyl groups excluding tert-OH is 19. The highest BCUT2D eigenvalue weighted by Gasteiger charge is 2.70. The molecule has 4 aliphatic carbocycles. The lowest BCUT2D eigenvalue weighted by molar-refractivity contribution is -0.405. The number of rotatable bonds is 19. The first-order chi connectivity index (χ1) is 42.6. The van der Waals surface area contributed by atoms with Gasteiger partial charge in [-0.2, -0.15) is 0 Å². The van der Waals surface area contributed by atoms with Gasteiger partial charge in [0.15, 0.2) is 31.5 Å². The van der Waals surface area contributed by atoms with Crippen molar-refractivity contribution in [2.24, 2.45) is 28.1 Å². The lowest BCUT2D eigenvalue weighted by Crippen LogP contribution is -2.68. The van der Waals surface area contributed by atoms with Crippen LogP contribution in [0.15, 0.2) is 12.2 Å². The lowest BCUT2D eigenvalue weighted by atomic mass is 9.41. The van der Waals surface area contributed by atoms with Crippen LogP contribution in [0.3, 0.4) is 0 Å². The van der Waals surface area contributed by atoms with E-state index in [2.05, 4.69) is 13.5 Å². The largest absolute Gasteiger partial charge is 0.432 e. The number of esters is 1. The molecule has 90 heavy (non-hydrogen) atoms. The molecular weight excluding hydrogens is 1210 g/mol. The summed E-state index contributed by atoms with van der Waals surface area (Å²) in [6, 6.07) is 0. The summed E-state index contributed by atoms with van der Waals surface area (Å²) in [5.41, 5.74) is -2.92. The Balaban J connectivity index is 0.878. The standard InChI is InChI=1S/C57H92O33/c1-20-12-56-10-6-27-54(2,8-5-9-55(27,3)53(77)89-50-40(75)36(71)42(25(17-62)83-50)85-47-37(72)33(68)29(64)21(13-58)79-47)28(56)7-11-57(20,19-56)90-52-46(88-49-39(74)35(70)31(66)23(15-60)81-49)45(32(67)24(16-61)82-52)87-51-41(76)44(78-4)43(26(18-63)84-51)86-48-38(73)34(69)30(65)22(14-59)80-48/h21-52,58-76H,1,5-19H2,2-4H3. The molecule has 6 aliphatic heterocycles. The highest BCUT2D eigenvalue weighted by Crippen LogP contribution is 2.74. The molecule has 0 aromatic carbocycles. The first-order valence-corrected chi connectivity index (χ1v) is 30.8. The molecule has 19 N–H and O–H groups in total. The van der Waals surface area contributed by atoms with E-state index in [0.717, 1.165) is 7.11 Å². The molecular formula is C57H92O33. The van der Waals surface area contributed by atoms with Crippen molar-refractivity contribution in [3.63, 3.8) is 0 Å². The first-order valence-electron chi connectivity index (χ1n) is 30.8. The summed E-state index contributed by atoms with van der Waals surface area (Å²) < 4.78 is 78.1. The molecule has 10 rings (SSSR count). The Hall–Kier alpha value is -2.03. The third-order valence-electron chi connectivity index (χ3n) is 21.6. The van der Waals surface area contributed by atoms with Crippen molar-refractivity contribution in [2.45, 2.75) is 261 Å². The lowest BCUT2D eigenvalue weighted by Gasteiger charge is -2.64. The molecule has 10 fully saturated rings. The minimum atomic E-state index is -2.04. The van der Waals surface area contributed by atoms with Crippen LogP contribution in [0, 0.1) is 28.1 Å². The van der Waals surface area contributed by atoms with Crippen molar-refractivity contribution in [3.8, 4) is 0 Å². The van der Waals surface area contributed by atoms with Crippen molar-refractivity contribution in [1.29, 1.82) is 0 Å². The smallest absolute Gasteiger partial charge is 0.314 e. The number of methoxy groups -OCH3 is 1. The molecule has 4 saturated carbocycles. The Morgan fingerprint density at radius 1 is 0.444 bits per heavy atom. The maximum absolute atomic E-state index is 14.8. The van der Waals surface area contributed by atoms with E-state index in [0.29, 0.717) is 56.9 Å². The van der Waals surface area contributed by atoms with Crippen LogP contribution >= 0.6 is 0 Å². The summed E-state index contributed by atoms with van der Waals surface area (Å²) in [4.78, 5) is 14.8. The molecule has 0 amide bonds. The van der Waals surface area contributed by atoms with Crippen LogP contribution in [0.4, 0.5) is 0 Å². The van der Waals surface area contributed by atoms with E-state index < -0.39 is 252 Å². The molecule has 33 heteroatoms. The topological polar surface area (TPSA) is 521 Å². The van der Waals surface area contributed by atoms with Gasteiger partial charge in [0.25, 0.3) is 0 Å². The molecule has 0 aromatic rings. The zero-order valence-electron chi connectivity index (χ0n) is 50.0. The van der Waals surface area contributed by atoms with Crippen molar-refractivity contribution < 1.29 is 163 Å². The van der Waals surface area contributed by atoms with E-state index >= 15 is 0 Å². The fourth-order valence-corrected chi connectivity index (χ4v) is 16.7. The molecule has 36 atom stereocenters. The van der Waals surface area contributed by atoms with Gasteiger partial charge in [-0.25, -0.2) is 0 Å². The second-order valence-corrected chi connectivity index (χ2v) is 26.6. The number of hydrogen-bond acceptors (Lipinski definition) is 33. The first kappa shape index (κ1) is 70.8. The van der Waals surface area contributed by atoms with Crippen molar-refractivity contribution in [2.75, 3.05) is 46.8 Å². The Morgan fingerprint density at radius 2 is 0.867 bits per heavy atom. The van der Waals surface area contributed by atoms with Gasteiger partial charge in [0.1, 0.15) is 146 Å². The number of carbonyl (C=O) groups is 1. The van der Waals surface area contributed by atoms with Crippen molar-refractivity contribution in [1.82, 2.24) is 0 Å². The average molecular weight is 1310 g/mol. The van der Waals surface area contributed by atoms with Crippen molar-refractivity contribution in [3.05, 3.63) is 12.2 Å². The number of carbonyl (C=O) groups excluding carboxylic acids is 1. The quantitative estimate of drug-likeness (QED) is 0.0324. The molecule has 6 heterocycles. The Bertz CT molecular complexity index is 2410. The van der Waals surface area contributed by atoms with E-state index in [9.17, 15) is 102 Å². The van der Waals surface area contributed by atoms with Crippen LogP contribution in [0.5, 0.6) is 0 Å². The van der Waals surface area contributed by atoms with E-state index in [1.165, 1.54) is 0 Å². The van der Waals surface area contributed by atoms with Gasteiger partial charge in [0.2, 0.25) is 6.29 Å². The summed E-state index contributed by atoms with van der Waals surface area (Å²) in [5.74, 6) is -1.16. The molecule has 33 nitrogen and oxygen atoms in total. The normalized spacial score (nSPS) is 54.0. The maximum Gasteiger partial charge on any atom is 0.314 e. The van der Waals surface area contributed by atoms with Crippen LogP contribution in [-0.4, -0.2) is 340 Å². The molecule has 518 valence electrons. The number of aliphatic hydroxyl groups is 19. The maximum atomic E-state index is 14.8. The fourth-order valence-electron chi connectivity index (χ4n) is 16.7. The molecule has 0 aromatic heterocycles. The predicted octanol–water partition coefficient (Wildman–Crippen LogP) is -8.81. The third kappa shape index (κ3) is 12.4. The summed E-state index contributed by atoms with van der Waals surface area (Å²) in [6.07, 6.45) is -48.7. The van der Waals surface area contributed by atoms with Crippen LogP contribution in [0.2, 0.25) is 0 Å². The molecule has 0 radical (unpaired) electrons. The summed E-state index contributed by atoms with van der Waals surface area (Å²) in [6.45, 7) is 3.37. The highest BCUT2D eigenvalue weighted by atomic mass is 16.8. The monoisotopic (exact) mass is 1300 g/mol. The van der Waals surface area contributed by atoms with Gasteiger partial charge < -0.3 is 159 Å². The second-order valence-electron chi connectivity index (χ2n) is 26.6. The van der Waals surface area contributed by atoms with Gasteiger partial charge in [-0.3, -0.25) is 4.79 Å². The van der Waals surface area contributed by atoms with Crippen LogP contribution in [0.1, 0.15) is 71.6 Å². The summed E-state index contributed by atoms with van der Waals surface area (Å²) >= 11 is 0. The zero-order valence-corrected chi connectivity index (χ0v) is 50.0. The van der Waals surface area contributed by atoms with E-state index in [1.807, 2.05) is 0 Å². The van der Waals surface area contributed by atoms with Gasteiger partial charge in [-0.15, -0.1) is 0 Å². The van der Waals surface area contributed by atoms with Gasteiger partial charge in [-0.05, 0) is 86.5 Å². The number of ether oxygens (including phenoxy) is 13. The molecule has 10 aliphatic rings. The average Bonchev–Trinajstić information content (AvgIpc) is 1.37. The van der Waals surface area contributed by atoms with Crippen LogP contribution < -0.4 is 0 Å². The number of hydrogen-bond donors (Lipinski definition) is 19. The minimum absolute atomic E-state index is 0.0900. The second kappa shape index (κ2) is 27.8. The summed E-state index contributed by atoms with van der Waals surface area (Å²) in [7, 11) is 1.15. The summed E-state index contributed by atoms with van der Waals surface area (Å²) in [5, 5.41) is 204. The van der Waals surface area contributed by atoms with E-state index in [-0.39, 0.29) is 18.3 Å². The zero-order chi connectivity index (χ0) is 65.4. The Morgan fingerprint density at radius 3 is 1.39 bits per heavy atom. The molecule has 36 unspecified atom stereocenters. The Labute approximate surface area is 516 Å². The number of fused-ring (bicyclic) bond motifs is 3. The fraction of sp³-hybridized carbons (Fsp3) is 0.947. The molecule has 6 saturated heterocycles. The molecule has 2 bridgehead atoms. The van der Waals surface area contributed by atoms with Gasteiger partial charge >= 0.3 is 5.97 Å². The minimum Gasteiger partial charge on any atom is -0.432 e. The highest BCUT2D eigenvalue weighted by molar-refractivity contribution is 5.77. The van der Waals surface area contributed by atoms with Crippen LogP contribution in [-0.2, 0) is 66.4 Å². The third-order valence-corrected chi connectivity index (χ3v) is 21.6.